The van der Waals surface area contributed by atoms with Crippen LogP contribution in [0.15, 0.2) is 12.1 Å². The van der Waals surface area contributed by atoms with Gasteiger partial charge in [0.25, 0.3) is 5.91 Å². The van der Waals surface area contributed by atoms with Gasteiger partial charge in [-0.2, -0.15) is 0 Å². The second-order valence-electron chi connectivity index (χ2n) is 2.97. The summed E-state index contributed by atoms with van der Waals surface area (Å²) in [5.74, 6) is 4.76. The fourth-order valence-electron chi connectivity index (χ4n) is 0.956. The van der Waals surface area contributed by atoms with Crippen LogP contribution in [0.5, 0.6) is 5.75 Å². The van der Waals surface area contributed by atoms with Crippen LogP contribution in [-0.4, -0.2) is 12.0 Å². The minimum Gasteiger partial charge on any atom is -0.479 e. The van der Waals surface area contributed by atoms with E-state index in [9.17, 15) is 4.79 Å². The summed E-state index contributed by atoms with van der Waals surface area (Å²) in [7, 11) is 0. The first kappa shape index (κ1) is 13.4. The molecule has 0 spiro atoms. The summed E-state index contributed by atoms with van der Waals surface area (Å²) >= 11 is 17.4. The van der Waals surface area contributed by atoms with Crippen LogP contribution in [-0.2, 0) is 4.79 Å². The molecule has 0 aliphatic rings. The van der Waals surface area contributed by atoms with Crippen molar-refractivity contribution in [2.75, 3.05) is 0 Å². The van der Waals surface area contributed by atoms with Gasteiger partial charge < -0.3 is 4.74 Å². The number of nitrogens with two attached hydrogens (primary N) is 1. The Morgan fingerprint density at radius 2 is 1.88 bits per heavy atom. The zero-order valence-electron chi connectivity index (χ0n) is 8.26. The van der Waals surface area contributed by atoms with E-state index >= 15 is 0 Å². The van der Waals surface area contributed by atoms with E-state index in [0.717, 1.165) is 0 Å². The maximum absolute atomic E-state index is 11.1. The van der Waals surface area contributed by atoms with Gasteiger partial charge in [-0.15, -0.1) is 0 Å². The van der Waals surface area contributed by atoms with Gasteiger partial charge in [0.2, 0.25) is 0 Å². The molecule has 0 fully saturated rings. The van der Waals surface area contributed by atoms with Crippen molar-refractivity contribution in [2.24, 2.45) is 5.84 Å². The Bertz CT molecular complexity index is 412. The average Bonchev–Trinajstić information content (AvgIpc) is 2.24. The lowest BCUT2D eigenvalue weighted by Crippen LogP contribution is -2.40. The van der Waals surface area contributed by atoms with Gasteiger partial charge in [-0.05, 0) is 13.0 Å². The quantitative estimate of drug-likeness (QED) is 0.387. The highest BCUT2D eigenvalue weighted by atomic mass is 35.5. The molecule has 0 aromatic heterocycles. The zero-order valence-corrected chi connectivity index (χ0v) is 10.5. The first-order chi connectivity index (χ1) is 7.45. The highest BCUT2D eigenvalue weighted by molar-refractivity contribution is 6.43. The summed E-state index contributed by atoms with van der Waals surface area (Å²) in [6, 6.07) is 2.88. The number of carbonyl (C=O) groups excluding carboxylic acids is 1. The number of rotatable bonds is 3. The van der Waals surface area contributed by atoms with E-state index in [1.807, 2.05) is 5.43 Å². The molecule has 16 heavy (non-hydrogen) atoms. The van der Waals surface area contributed by atoms with E-state index in [1.165, 1.54) is 19.1 Å². The first-order valence-electron chi connectivity index (χ1n) is 4.27. The second-order valence-corrected chi connectivity index (χ2v) is 4.19. The Morgan fingerprint density at radius 3 is 2.44 bits per heavy atom. The number of hydrazine groups is 1. The largest absolute Gasteiger partial charge is 0.479 e. The lowest BCUT2D eigenvalue weighted by atomic mass is 10.3. The third-order valence-electron chi connectivity index (χ3n) is 1.79. The number of hydrogen-bond donors (Lipinski definition) is 2. The van der Waals surface area contributed by atoms with Gasteiger partial charge >= 0.3 is 0 Å². The van der Waals surface area contributed by atoms with Gasteiger partial charge in [0, 0.05) is 6.07 Å². The summed E-state index contributed by atoms with van der Waals surface area (Å²) in [5.41, 5.74) is 1.96. The standard InChI is InChI=1S/C9H9Cl3N2O2/c1-4(9(15)14-13)16-8-3-6(11)5(10)2-7(8)12/h2-4H,13H2,1H3,(H,14,15)/t4-/m1/s1. The van der Waals surface area contributed by atoms with Crippen molar-refractivity contribution in [1.82, 2.24) is 5.43 Å². The summed E-state index contributed by atoms with van der Waals surface area (Å²) < 4.78 is 5.27. The summed E-state index contributed by atoms with van der Waals surface area (Å²) in [4.78, 5) is 11.1. The van der Waals surface area contributed by atoms with Crippen LogP contribution >= 0.6 is 34.8 Å². The molecular formula is C9H9Cl3N2O2. The van der Waals surface area contributed by atoms with E-state index in [4.69, 9.17) is 45.4 Å². The van der Waals surface area contributed by atoms with Gasteiger partial charge in [-0.25, -0.2) is 5.84 Å². The summed E-state index contributed by atoms with van der Waals surface area (Å²) in [6.07, 6.45) is -0.778. The van der Waals surface area contributed by atoms with E-state index in [2.05, 4.69) is 0 Å². The molecule has 0 aliphatic heterocycles. The van der Waals surface area contributed by atoms with Crippen LogP contribution in [0, 0.1) is 0 Å². The molecule has 4 nitrogen and oxygen atoms in total. The van der Waals surface area contributed by atoms with Crippen molar-refractivity contribution in [3.63, 3.8) is 0 Å². The molecule has 1 amide bonds. The van der Waals surface area contributed by atoms with Crippen LogP contribution in [0.1, 0.15) is 6.92 Å². The molecule has 7 heteroatoms. The highest BCUT2D eigenvalue weighted by Gasteiger charge is 2.16. The van der Waals surface area contributed by atoms with E-state index in [0.29, 0.717) is 10.0 Å². The molecule has 88 valence electrons. The van der Waals surface area contributed by atoms with Crippen molar-refractivity contribution in [1.29, 1.82) is 0 Å². The van der Waals surface area contributed by atoms with Crippen molar-refractivity contribution in [3.8, 4) is 5.75 Å². The SMILES string of the molecule is C[C@@H](Oc1cc(Cl)c(Cl)cc1Cl)C(=O)NN. The van der Waals surface area contributed by atoms with Gasteiger partial charge in [0.05, 0.1) is 15.1 Å². The van der Waals surface area contributed by atoms with Crippen molar-refractivity contribution >= 4 is 40.7 Å². The molecule has 0 aliphatic carbocycles. The molecule has 1 atom stereocenters. The highest BCUT2D eigenvalue weighted by Crippen LogP contribution is 2.34. The molecule has 0 saturated carbocycles. The third kappa shape index (κ3) is 3.15. The molecule has 3 N–H and O–H groups in total. The fourth-order valence-corrected chi connectivity index (χ4v) is 1.54. The second kappa shape index (κ2) is 5.59. The van der Waals surface area contributed by atoms with Crippen LogP contribution in [0.4, 0.5) is 0 Å². The summed E-state index contributed by atoms with van der Waals surface area (Å²) in [6.45, 7) is 1.53. The number of nitrogens with one attached hydrogen (secondary N) is 1. The Morgan fingerprint density at radius 1 is 1.31 bits per heavy atom. The minimum absolute atomic E-state index is 0.270. The molecule has 0 unspecified atom stereocenters. The Balaban J connectivity index is 2.89. The molecule has 1 aromatic carbocycles. The Hall–Kier alpha value is -0.680. The minimum atomic E-state index is -0.778. The van der Waals surface area contributed by atoms with E-state index in [-0.39, 0.29) is 10.8 Å². The number of benzene rings is 1. The van der Waals surface area contributed by atoms with Crippen LogP contribution in [0.2, 0.25) is 15.1 Å². The van der Waals surface area contributed by atoms with Crippen molar-refractivity contribution in [3.05, 3.63) is 27.2 Å². The van der Waals surface area contributed by atoms with Crippen molar-refractivity contribution in [2.45, 2.75) is 13.0 Å². The van der Waals surface area contributed by atoms with Gasteiger partial charge in [-0.3, -0.25) is 10.2 Å². The molecule has 1 aromatic rings. The van der Waals surface area contributed by atoms with E-state index < -0.39 is 12.0 Å². The number of hydrogen-bond acceptors (Lipinski definition) is 3. The molecule has 1 rings (SSSR count). The lowest BCUT2D eigenvalue weighted by Gasteiger charge is -2.14. The first-order valence-corrected chi connectivity index (χ1v) is 5.40. The molecule has 0 heterocycles. The normalized spacial score (nSPS) is 12.1. The molecule has 0 bridgehead atoms. The molecule has 0 radical (unpaired) electrons. The lowest BCUT2D eigenvalue weighted by molar-refractivity contribution is -0.127. The fraction of sp³-hybridized carbons (Fsp3) is 0.222. The Labute approximate surface area is 108 Å². The maximum atomic E-state index is 11.1. The Kier molecular flexibility index (Phi) is 4.68. The van der Waals surface area contributed by atoms with Gasteiger partial charge in [0.1, 0.15) is 5.75 Å². The van der Waals surface area contributed by atoms with E-state index in [1.54, 1.807) is 0 Å². The average molecular weight is 284 g/mol. The third-order valence-corrected chi connectivity index (χ3v) is 2.81. The molecular weight excluding hydrogens is 274 g/mol. The molecule has 0 saturated heterocycles. The number of carbonyl (C=O) groups is 1. The summed E-state index contributed by atoms with van der Waals surface area (Å²) in [5, 5.41) is 0.877. The predicted octanol–water partition coefficient (Wildman–Crippen LogP) is 2.40. The monoisotopic (exact) mass is 282 g/mol. The number of amides is 1. The van der Waals surface area contributed by atoms with Crippen LogP contribution < -0.4 is 16.0 Å². The topological polar surface area (TPSA) is 64.3 Å². The van der Waals surface area contributed by atoms with Crippen LogP contribution in [0.25, 0.3) is 0 Å². The van der Waals surface area contributed by atoms with Crippen molar-refractivity contribution < 1.29 is 9.53 Å². The van der Waals surface area contributed by atoms with Gasteiger partial charge in [-0.1, -0.05) is 34.8 Å². The maximum Gasteiger partial charge on any atom is 0.274 e. The predicted molar refractivity (Wildman–Crippen MR) is 63.9 cm³/mol. The number of halogens is 3. The smallest absolute Gasteiger partial charge is 0.274 e. The van der Waals surface area contributed by atoms with Gasteiger partial charge in [0.15, 0.2) is 6.10 Å². The zero-order chi connectivity index (χ0) is 12.3. The van der Waals surface area contributed by atoms with Crippen LogP contribution in [0.3, 0.4) is 0 Å². The number of ether oxygens (including phenoxy) is 1.